The van der Waals surface area contributed by atoms with Crippen molar-refractivity contribution in [2.45, 2.75) is 20.4 Å². The second-order valence-corrected chi connectivity index (χ2v) is 3.55. The van der Waals surface area contributed by atoms with E-state index in [9.17, 15) is 0 Å². The zero-order chi connectivity index (χ0) is 10.3. The lowest BCUT2D eigenvalue weighted by Gasteiger charge is -2.06. The monoisotopic (exact) mass is 208 g/mol. The van der Waals surface area contributed by atoms with E-state index in [1.54, 1.807) is 0 Å². The van der Waals surface area contributed by atoms with Crippen LogP contribution in [0.25, 0.3) is 5.65 Å². The highest BCUT2D eigenvalue weighted by Crippen LogP contribution is 2.16. The molecule has 4 nitrogen and oxygen atoms in total. The normalized spacial score (nSPS) is 11.0. The standard InChI is InChI=1S/C9H12N4S/c1-3-12-4-5-13-8(12)6(2)7(10)11-9(13)14/h4-5H,3H2,1-2H3,(H2,10,11,14). The fraction of sp³-hybridized carbons (Fsp3) is 0.333. The van der Waals surface area contributed by atoms with Crippen molar-refractivity contribution in [2.75, 3.05) is 5.73 Å². The summed E-state index contributed by atoms with van der Waals surface area (Å²) in [6.07, 6.45) is 3.90. The molecular weight excluding hydrogens is 196 g/mol. The Morgan fingerprint density at radius 2 is 2.21 bits per heavy atom. The summed E-state index contributed by atoms with van der Waals surface area (Å²) in [4.78, 5) is 4.09. The largest absolute Gasteiger partial charge is 0.383 e. The van der Waals surface area contributed by atoms with E-state index in [2.05, 4.69) is 16.5 Å². The lowest BCUT2D eigenvalue weighted by atomic mass is 10.3. The highest BCUT2D eigenvalue weighted by molar-refractivity contribution is 7.71. The maximum absolute atomic E-state index is 5.77. The van der Waals surface area contributed by atoms with Crippen LogP contribution in [0.15, 0.2) is 12.4 Å². The molecule has 2 rings (SSSR count). The summed E-state index contributed by atoms with van der Waals surface area (Å²) < 4.78 is 4.49. The summed E-state index contributed by atoms with van der Waals surface area (Å²) in [7, 11) is 0. The second kappa shape index (κ2) is 3.09. The van der Waals surface area contributed by atoms with Gasteiger partial charge in [0.1, 0.15) is 11.5 Å². The van der Waals surface area contributed by atoms with Gasteiger partial charge in [-0.2, -0.15) is 0 Å². The van der Waals surface area contributed by atoms with E-state index in [1.807, 2.05) is 23.7 Å². The Balaban J connectivity index is 2.99. The van der Waals surface area contributed by atoms with E-state index in [0.29, 0.717) is 10.6 Å². The minimum atomic E-state index is 0.510. The van der Waals surface area contributed by atoms with Gasteiger partial charge in [0.2, 0.25) is 4.77 Å². The van der Waals surface area contributed by atoms with Crippen molar-refractivity contribution in [1.29, 1.82) is 0 Å². The first kappa shape index (κ1) is 9.21. The molecule has 0 atom stereocenters. The molecule has 0 bridgehead atoms. The number of fused-ring (bicyclic) bond motifs is 1. The Labute approximate surface area is 87.0 Å². The molecule has 0 aliphatic carbocycles. The molecule has 5 heteroatoms. The third-order valence-electron chi connectivity index (χ3n) is 2.38. The van der Waals surface area contributed by atoms with Gasteiger partial charge in [0, 0.05) is 24.5 Å². The first-order valence-corrected chi connectivity index (χ1v) is 4.89. The number of aryl methyl sites for hydroxylation is 2. The molecule has 74 valence electrons. The third-order valence-corrected chi connectivity index (χ3v) is 2.67. The predicted molar refractivity (Wildman–Crippen MR) is 58.8 cm³/mol. The average molecular weight is 208 g/mol. The van der Waals surface area contributed by atoms with E-state index in [0.717, 1.165) is 17.8 Å². The highest BCUT2D eigenvalue weighted by atomic mass is 32.1. The van der Waals surface area contributed by atoms with Crippen LogP contribution >= 0.6 is 12.2 Å². The number of hydrogen-bond donors (Lipinski definition) is 1. The molecule has 2 heterocycles. The number of nitrogen functional groups attached to an aromatic ring is 1. The summed E-state index contributed by atoms with van der Waals surface area (Å²) in [6, 6.07) is 0. The van der Waals surface area contributed by atoms with Crippen molar-refractivity contribution < 1.29 is 0 Å². The first-order valence-electron chi connectivity index (χ1n) is 4.48. The summed E-state index contributed by atoms with van der Waals surface area (Å²) in [5.74, 6) is 0.517. The van der Waals surface area contributed by atoms with Crippen LogP contribution < -0.4 is 5.73 Å². The Bertz CT molecular complexity index is 537. The van der Waals surface area contributed by atoms with Crippen molar-refractivity contribution in [3.63, 3.8) is 0 Å². The van der Waals surface area contributed by atoms with Gasteiger partial charge in [0.25, 0.3) is 0 Å². The Morgan fingerprint density at radius 3 is 2.86 bits per heavy atom. The van der Waals surface area contributed by atoms with Crippen LogP contribution in [0.2, 0.25) is 0 Å². The van der Waals surface area contributed by atoms with Gasteiger partial charge in [-0.1, -0.05) is 0 Å². The third kappa shape index (κ3) is 1.13. The molecule has 0 saturated heterocycles. The minimum absolute atomic E-state index is 0.510. The Hall–Kier alpha value is -1.36. The molecule has 0 radical (unpaired) electrons. The summed E-state index contributed by atoms with van der Waals surface area (Å²) in [6.45, 7) is 4.94. The summed E-state index contributed by atoms with van der Waals surface area (Å²) in [5, 5.41) is 0. The van der Waals surface area contributed by atoms with Crippen LogP contribution in [0.3, 0.4) is 0 Å². The SMILES string of the molecule is CCn1ccn2c(=S)nc(N)c(C)c12. The smallest absolute Gasteiger partial charge is 0.207 e. The summed E-state index contributed by atoms with van der Waals surface area (Å²) in [5.41, 5.74) is 7.77. The van der Waals surface area contributed by atoms with Gasteiger partial charge in [0.15, 0.2) is 0 Å². The van der Waals surface area contributed by atoms with Gasteiger partial charge in [-0.15, -0.1) is 0 Å². The van der Waals surface area contributed by atoms with Crippen molar-refractivity contribution in [3.8, 4) is 0 Å². The van der Waals surface area contributed by atoms with E-state index < -0.39 is 0 Å². The van der Waals surface area contributed by atoms with Crippen molar-refractivity contribution in [1.82, 2.24) is 14.0 Å². The number of anilines is 1. The van der Waals surface area contributed by atoms with E-state index in [-0.39, 0.29) is 0 Å². The van der Waals surface area contributed by atoms with Crippen LogP contribution in [0, 0.1) is 11.7 Å². The number of nitrogens with zero attached hydrogens (tertiary/aromatic N) is 3. The number of imidazole rings is 1. The molecule has 2 aromatic heterocycles. The van der Waals surface area contributed by atoms with Crippen LogP contribution in [-0.2, 0) is 6.54 Å². The first-order chi connectivity index (χ1) is 6.65. The second-order valence-electron chi connectivity index (χ2n) is 3.18. The van der Waals surface area contributed by atoms with Gasteiger partial charge >= 0.3 is 0 Å². The van der Waals surface area contributed by atoms with Gasteiger partial charge in [-0.25, -0.2) is 4.98 Å². The fourth-order valence-corrected chi connectivity index (χ4v) is 1.83. The number of rotatable bonds is 1. The molecule has 0 fully saturated rings. The molecule has 0 amide bonds. The molecule has 0 unspecified atom stereocenters. The fourth-order valence-electron chi connectivity index (χ4n) is 1.59. The van der Waals surface area contributed by atoms with Crippen molar-refractivity contribution >= 4 is 23.7 Å². The lowest BCUT2D eigenvalue weighted by molar-refractivity contribution is 0.785. The Morgan fingerprint density at radius 1 is 1.50 bits per heavy atom. The quantitative estimate of drug-likeness (QED) is 0.727. The van der Waals surface area contributed by atoms with Gasteiger partial charge in [-0.05, 0) is 26.1 Å². The molecule has 0 aliphatic heterocycles. The van der Waals surface area contributed by atoms with E-state index in [1.165, 1.54) is 0 Å². The van der Waals surface area contributed by atoms with Gasteiger partial charge in [-0.3, -0.25) is 4.40 Å². The average Bonchev–Trinajstić information content (AvgIpc) is 2.58. The number of aromatic nitrogens is 3. The molecule has 0 spiro atoms. The molecule has 0 saturated carbocycles. The molecular formula is C9H12N4S. The topological polar surface area (TPSA) is 48.2 Å². The van der Waals surface area contributed by atoms with Crippen LogP contribution in [-0.4, -0.2) is 14.0 Å². The van der Waals surface area contributed by atoms with Gasteiger partial charge in [0.05, 0.1) is 0 Å². The van der Waals surface area contributed by atoms with Crippen molar-refractivity contribution in [3.05, 3.63) is 22.7 Å². The van der Waals surface area contributed by atoms with Crippen LogP contribution in [0.4, 0.5) is 5.82 Å². The van der Waals surface area contributed by atoms with Crippen LogP contribution in [0.5, 0.6) is 0 Å². The van der Waals surface area contributed by atoms with E-state index in [4.69, 9.17) is 18.0 Å². The lowest BCUT2D eigenvalue weighted by Crippen LogP contribution is -2.04. The summed E-state index contributed by atoms with van der Waals surface area (Å²) >= 11 is 5.12. The van der Waals surface area contributed by atoms with Gasteiger partial charge < -0.3 is 10.3 Å². The highest BCUT2D eigenvalue weighted by Gasteiger charge is 2.07. The molecule has 2 aromatic rings. The zero-order valence-corrected chi connectivity index (χ0v) is 9.01. The predicted octanol–water partition coefficient (Wildman–Crippen LogP) is 1.78. The zero-order valence-electron chi connectivity index (χ0n) is 8.19. The molecule has 2 N–H and O–H groups in total. The van der Waals surface area contributed by atoms with Crippen LogP contribution in [0.1, 0.15) is 12.5 Å². The minimum Gasteiger partial charge on any atom is -0.383 e. The van der Waals surface area contributed by atoms with E-state index >= 15 is 0 Å². The maximum Gasteiger partial charge on any atom is 0.207 e. The number of hydrogen-bond acceptors (Lipinski definition) is 3. The molecule has 14 heavy (non-hydrogen) atoms. The van der Waals surface area contributed by atoms with Crippen molar-refractivity contribution in [2.24, 2.45) is 0 Å². The Kier molecular flexibility index (Phi) is 2.03. The maximum atomic E-state index is 5.77. The number of nitrogens with two attached hydrogens (primary N) is 1. The molecule has 0 aromatic carbocycles. The molecule has 0 aliphatic rings.